The summed E-state index contributed by atoms with van der Waals surface area (Å²) in [6.45, 7) is 5.29. The third-order valence-electron chi connectivity index (χ3n) is 3.11. The van der Waals surface area contributed by atoms with Gasteiger partial charge in [-0.1, -0.05) is 25.5 Å². The molecule has 1 fully saturated rings. The van der Waals surface area contributed by atoms with Crippen molar-refractivity contribution in [2.24, 2.45) is 0 Å². The molecule has 1 aromatic carbocycles. The Hall–Kier alpha value is -1.02. The molecule has 1 aliphatic carbocycles. The lowest BCUT2D eigenvalue weighted by Gasteiger charge is -2.19. The Balaban J connectivity index is 1.86. The molecule has 0 aromatic heterocycles. The summed E-state index contributed by atoms with van der Waals surface area (Å²) in [7, 11) is 0. The lowest BCUT2D eigenvalue weighted by molar-refractivity contribution is 0.186. The van der Waals surface area contributed by atoms with Crippen LogP contribution in [-0.2, 0) is 0 Å². The molecule has 1 saturated carbocycles. The van der Waals surface area contributed by atoms with Crippen LogP contribution in [0.3, 0.4) is 0 Å². The fraction of sp³-hybridized carbons (Fsp3) is 0.600. The second-order valence-electron chi connectivity index (χ2n) is 5.03. The zero-order valence-corrected chi connectivity index (χ0v) is 10.9. The van der Waals surface area contributed by atoms with Gasteiger partial charge in [-0.3, -0.25) is 0 Å². The minimum atomic E-state index is 0.308. The number of ether oxygens (including phenoxy) is 1. The van der Waals surface area contributed by atoms with Crippen molar-refractivity contribution >= 4 is 0 Å². The highest BCUT2D eigenvalue weighted by molar-refractivity contribution is 5.27. The Morgan fingerprint density at radius 1 is 1.41 bits per heavy atom. The minimum absolute atomic E-state index is 0.308. The first-order chi connectivity index (χ1) is 8.28. The highest BCUT2D eigenvalue weighted by atomic mass is 16.5. The predicted octanol–water partition coefficient (Wildman–Crippen LogP) is 3.29. The van der Waals surface area contributed by atoms with Gasteiger partial charge in [0.15, 0.2) is 0 Å². The van der Waals surface area contributed by atoms with Crippen molar-refractivity contribution in [3.05, 3.63) is 29.8 Å². The maximum Gasteiger partial charge on any atom is 0.120 e. The second-order valence-corrected chi connectivity index (χ2v) is 5.03. The van der Waals surface area contributed by atoms with Crippen LogP contribution in [0.2, 0.25) is 0 Å². The highest BCUT2D eigenvalue weighted by Crippen LogP contribution is 2.20. The van der Waals surface area contributed by atoms with Gasteiger partial charge in [-0.25, -0.2) is 0 Å². The topological polar surface area (TPSA) is 21.3 Å². The Morgan fingerprint density at radius 2 is 2.24 bits per heavy atom. The minimum Gasteiger partial charge on any atom is -0.489 e. The lowest BCUT2D eigenvalue weighted by atomic mass is 10.2. The summed E-state index contributed by atoms with van der Waals surface area (Å²) < 4.78 is 6.05. The molecule has 1 aliphatic rings. The molecule has 0 spiro atoms. The molecule has 0 heterocycles. The van der Waals surface area contributed by atoms with Gasteiger partial charge in [0.05, 0.1) is 0 Å². The van der Waals surface area contributed by atoms with Gasteiger partial charge in [0.25, 0.3) is 0 Å². The fourth-order valence-corrected chi connectivity index (χ4v) is 1.99. The summed E-state index contributed by atoms with van der Waals surface area (Å²) in [4.78, 5) is 0. The summed E-state index contributed by atoms with van der Waals surface area (Å²) in [6.07, 6.45) is 5.27. The van der Waals surface area contributed by atoms with Crippen molar-refractivity contribution in [2.75, 3.05) is 6.54 Å². The van der Waals surface area contributed by atoms with E-state index in [1.165, 1.54) is 24.8 Å². The largest absolute Gasteiger partial charge is 0.489 e. The van der Waals surface area contributed by atoms with Gasteiger partial charge in [-0.15, -0.1) is 0 Å². The Labute approximate surface area is 104 Å². The molecule has 0 radical (unpaired) electrons. The number of nitrogens with one attached hydrogen (secondary N) is 1. The van der Waals surface area contributed by atoms with Crippen LogP contribution in [0, 0.1) is 6.92 Å². The third kappa shape index (κ3) is 4.39. The molecule has 94 valence electrons. The van der Waals surface area contributed by atoms with Crippen LogP contribution in [0.4, 0.5) is 0 Å². The van der Waals surface area contributed by atoms with Crippen molar-refractivity contribution in [2.45, 2.75) is 51.7 Å². The number of hydrogen-bond donors (Lipinski definition) is 1. The SMILES string of the molecule is CCCC(CNC1CC1)Oc1cccc(C)c1. The van der Waals surface area contributed by atoms with Crippen LogP contribution in [0.5, 0.6) is 5.75 Å². The molecule has 2 heteroatoms. The van der Waals surface area contributed by atoms with Crippen LogP contribution in [0.1, 0.15) is 38.2 Å². The van der Waals surface area contributed by atoms with E-state index < -0.39 is 0 Å². The average Bonchev–Trinajstić information content (AvgIpc) is 3.10. The molecular formula is C15H23NO. The van der Waals surface area contributed by atoms with Gasteiger partial charge in [-0.05, 0) is 43.9 Å². The summed E-state index contributed by atoms with van der Waals surface area (Å²) in [6, 6.07) is 9.08. The molecule has 1 atom stereocenters. The molecule has 2 rings (SSSR count). The van der Waals surface area contributed by atoms with Gasteiger partial charge in [0, 0.05) is 12.6 Å². The maximum atomic E-state index is 6.05. The zero-order chi connectivity index (χ0) is 12.1. The van der Waals surface area contributed by atoms with Crippen LogP contribution >= 0.6 is 0 Å². The maximum absolute atomic E-state index is 6.05. The first kappa shape index (κ1) is 12.4. The monoisotopic (exact) mass is 233 g/mol. The molecule has 0 aliphatic heterocycles. The smallest absolute Gasteiger partial charge is 0.120 e. The van der Waals surface area contributed by atoms with Crippen molar-refractivity contribution in [1.82, 2.24) is 5.32 Å². The Morgan fingerprint density at radius 3 is 2.88 bits per heavy atom. The van der Waals surface area contributed by atoms with E-state index in [0.717, 1.165) is 24.8 Å². The molecular weight excluding hydrogens is 210 g/mol. The molecule has 1 aromatic rings. The van der Waals surface area contributed by atoms with Crippen molar-refractivity contribution in [3.63, 3.8) is 0 Å². The fourth-order valence-electron chi connectivity index (χ4n) is 1.99. The number of aryl methyl sites for hydroxylation is 1. The Kier molecular flexibility index (Phi) is 4.43. The predicted molar refractivity (Wildman–Crippen MR) is 71.5 cm³/mol. The van der Waals surface area contributed by atoms with Gasteiger partial charge >= 0.3 is 0 Å². The van der Waals surface area contributed by atoms with E-state index in [-0.39, 0.29) is 0 Å². The van der Waals surface area contributed by atoms with E-state index in [1.807, 2.05) is 6.07 Å². The Bertz CT molecular complexity index is 347. The summed E-state index contributed by atoms with van der Waals surface area (Å²) in [5.41, 5.74) is 1.26. The molecule has 2 nitrogen and oxygen atoms in total. The summed E-state index contributed by atoms with van der Waals surface area (Å²) in [5.74, 6) is 1.00. The van der Waals surface area contributed by atoms with Crippen LogP contribution in [-0.4, -0.2) is 18.7 Å². The van der Waals surface area contributed by atoms with Gasteiger partial charge in [0.1, 0.15) is 11.9 Å². The quantitative estimate of drug-likeness (QED) is 0.780. The molecule has 0 saturated heterocycles. The molecule has 17 heavy (non-hydrogen) atoms. The van der Waals surface area contributed by atoms with E-state index >= 15 is 0 Å². The van der Waals surface area contributed by atoms with Crippen LogP contribution < -0.4 is 10.1 Å². The number of rotatable bonds is 7. The van der Waals surface area contributed by atoms with E-state index in [2.05, 4.69) is 37.4 Å². The van der Waals surface area contributed by atoms with Gasteiger partial charge < -0.3 is 10.1 Å². The molecule has 1 unspecified atom stereocenters. The first-order valence-corrected chi connectivity index (χ1v) is 6.74. The first-order valence-electron chi connectivity index (χ1n) is 6.74. The van der Waals surface area contributed by atoms with E-state index in [4.69, 9.17) is 4.74 Å². The summed E-state index contributed by atoms with van der Waals surface area (Å²) in [5, 5.41) is 3.55. The number of hydrogen-bond acceptors (Lipinski definition) is 2. The van der Waals surface area contributed by atoms with Crippen molar-refractivity contribution in [3.8, 4) is 5.75 Å². The standard InChI is InChI=1S/C15H23NO/c1-3-5-15(11-16-13-8-9-13)17-14-7-4-6-12(2)10-14/h4,6-7,10,13,15-16H,3,5,8-9,11H2,1-2H3. The average molecular weight is 233 g/mol. The van der Waals surface area contributed by atoms with Crippen molar-refractivity contribution in [1.29, 1.82) is 0 Å². The van der Waals surface area contributed by atoms with E-state index in [0.29, 0.717) is 6.10 Å². The normalized spacial score (nSPS) is 16.8. The molecule has 0 amide bonds. The van der Waals surface area contributed by atoms with Gasteiger partial charge in [0.2, 0.25) is 0 Å². The van der Waals surface area contributed by atoms with Crippen molar-refractivity contribution < 1.29 is 4.74 Å². The van der Waals surface area contributed by atoms with Gasteiger partial charge in [-0.2, -0.15) is 0 Å². The highest BCUT2D eigenvalue weighted by Gasteiger charge is 2.22. The zero-order valence-electron chi connectivity index (χ0n) is 10.9. The molecule has 1 N–H and O–H groups in total. The second kappa shape index (κ2) is 6.06. The molecule has 0 bridgehead atoms. The lowest BCUT2D eigenvalue weighted by Crippen LogP contribution is -2.32. The van der Waals surface area contributed by atoms with Crippen LogP contribution in [0.25, 0.3) is 0 Å². The van der Waals surface area contributed by atoms with E-state index in [1.54, 1.807) is 0 Å². The number of benzene rings is 1. The van der Waals surface area contributed by atoms with E-state index in [9.17, 15) is 0 Å². The third-order valence-corrected chi connectivity index (χ3v) is 3.11. The summed E-state index contributed by atoms with van der Waals surface area (Å²) >= 11 is 0. The van der Waals surface area contributed by atoms with Crippen LogP contribution in [0.15, 0.2) is 24.3 Å².